The number of nitrogens with one attached hydrogen (secondary N) is 2. The van der Waals surface area contributed by atoms with Gasteiger partial charge in [-0.2, -0.15) is 0 Å². The monoisotopic (exact) mass is 259 g/mol. The SMILES string of the molecule is CCCC(CC)NC(=O)c1c[nH]c2cc(N)ccc12. The first-order valence-electron chi connectivity index (χ1n) is 6.83. The van der Waals surface area contributed by atoms with E-state index < -0.39 is 0 Å². The number of carbonyl (C=O) groups is 1. The largest absolute Gasteiger partial charge is 0.399 e. The summed E-state index contributed by atoms with van der Waals surface area (Å²) >= 11 is 0. The number of aromatic nitrogens is 1. The maximum atomic E-state index is 12.3. The van der Waals surface area contributed by atoms with Crippen molar-refractivity contribution in [1.82, 2.24) is 10.3 Å². The molecule has 1 aromatic carbocycles. The lowest BCUT2D eigenvalue weighted by Gasteiger charge is -2.15. The molecule has 0 fully saturated rings. The Morgan fingerprint density at radius 2 is 2.21 bits per heavy atom. The highest BCUT2D eigenvalue weighted by Crippen LogP contribution is 2.20. The predicted octanol–water partition coefficient (Wildman–Crippen LogP) is 3.06. The zero-order chi connectivity index (χ0) is 13.8. The summed E-state index contributed by atoms with van der Waals surface area (Å²) in [7, 11) is 0. The lowest BCUT2D eigenvalue weighted by atomic mass is 10.1. The number of aromatic amines is 1. The van der Waals surface area contributed by atoms with E-state index in [0.717, 1.165) is 30.2 Å². The Kier molecular flexibility index (Phi) is 4.10. The number of carbonyl (C=O) groups excluding carboxylic acids is 1. The van der Waals surface area contributed by atoms with Gasteiger partial charge < -0.3 is 16.0 Å². The first kappa shape index (κ1) is 13.5. The van der Waals surface area contributed by atoms with Crippen LogP contribution in [0.2, 0.25) is 0 Å². The second kappa shape index (κ2) is 5.78. The van der Waals surface area contributed by atoms with Crippen LogP contribution in [-0.2, 0) is 0 Å². The molecule has 0 aliphatic heterocycles. The quantitative estimate of drug-likeness (QED) is 0.722. The van der Waals surface area contributed by atoms with Gasteiger partial charge in [0, 0.05) is 28.8 Å². The van der Waals surface area contributed by atoms with Crippen molar-refractivity contribution in [3.8, 4) is 0 Å². The smallest absolute Gasteiger partial charge is 0.253 e. The van der Waals surface area contributed by atoms with Crippen molar-refractivity contribution in [1.29, 1.82) is 0 Å². The van der Waals surface area contributed by atoms with Crippen LogP contribution >= 0.6 is 0 Å². The normalized spacial score (nSPS) is 12.5. The minimum Gasteiger partial charge on any atom is -0.399 e. The highest BCUT2D eigenvalue weighted by Gasteiger charge is 2.15. The third-order valence-electron chi connectivity index (χ3n) is 3.42. The predicted molar refractivity (Wildman–Crippen MR) is 79.2 cm³/mol. The molecule has 1 unspecified atom stereocenters. The van der Waals surface area contributed by atoms with E-state index in [1.165, 1.54) is 0 Å². The van der Waals surface area contributed by atoms with E-state index in [2.05, 4.69) is 24.1 Å². The van der Waals surface area contributed by atoms with Crippen molar-refractivity contribution in [2.45, 2.75) is 39.2 Å². The molecule has 4 heteroatoms. The Balaban J connectivity index is 2.21. The van der Waals surface area contributed by atoms with Crippen molar-refractivity contribution in [3.05, 3.63) is 30.0 Å². The van der Waals surface area contributed by atoms with E-state index in [-0.39, 0.29) is 11.9 Å². The lowest BCUT2D eigenvalue weighted by Crippen LogP contribution is -2.34. The van der Waals surface area contributed by atoms with Crippen LogP contribution in [0.15, 0.2) is 24.4 Å². The molecule has 0 bridgehead atoms. The van der Waals surface area contributed by atoms with Crippen LogP contribution in [0.25, 0.3) is 10.9 Å². The van der Waals surface area contributed by atoms with E-state index in [0.29, 0.717) is 11.3 Å². The zero-order valence-corrected chi connectivity index (χ0v) is 11.5. The van der Waals surface area contributed by atoms with E-state index in [9.17, 15) is 4.79 Å². The Morgan fingerprint density at radius 3 is 2.89 bits per heavy atom. The van der Waals surface area contributed by atoms with Gasteiger partial charge in [0.05, 0.1) is 5.56 Å². The molecule has 2 rings (SSSR count). The van der Waals surface area contributed by atoms with Crippen molar-refractivity contribution in [2.75, 3.05) is 5.73 Å². The Morgan fingerprint density at radius 1 is 1.42 bits per heavy atom. The Labute approximate surface area is 113 Å². The van der Waals surface area contributed by atoms with Gasteiger partial charge >= 0.3 is 0 Å². The number of hydrogen-bond acceptors (Lipinski definition) is 2. The topological polar surface area (TPSA) is 70.9 Å². The molecule has 0 saturated heterocycles. The molecular weight excluding hydrogens is 238 g/mol. The number of amides is 1. The fraction of sp³-hybridized carbons (Fsp3) is 0.400. The molecule has 4 nitrogen and oxygen atoms in total. The maximum absolute atomic E-state index is 12.3. The second-order valence-electron chi connectivity index (χ2n) is 4.87. The molecule has 0 aliphatic carbocycles. The van der Waals surface area contributed by atoms with Crippen LogP contribution < -0.4 is 11.1 Å². The van der Waals surface area contributed by atoms with Crippen molar-refractivity contribution in [2.24, 2.45) is 0 Å². The van der Waals surface area contributed by atoms with Gasteiger partial charge in [-0.15, -0.1) is 0 Å². The van der Waals surface area contributed by atoms with Crippen LogP contribution in [0.4, 0.5) is 5.69 Å². The molecule has 0 radical (unpaired) electrons. The van der Waals surface area contributed by atoms with E-state index in [1.54, 1.807) is 6.20 Å². The lowest BCUT2D eigenvalue weighted by molar-refractivity contribution is 0.0935. The number of H-pyrrole nitrogens is 1. The summed E-state index contributed by atoms with van der Waals surface area (Å²) in [5, 5.41) is 4.00. The first-order chi connectivity index (χ1) is 9.15. The zero-order valence-electron chi connectivity index (χ0n) is 11.5. The molecule has 0 saturated carbocycles. The second-order valence-corrected chi connectivity index (χ2v) is 4.87. The van der Waals surface area contributed by atoms with E-state index in [1.807, 2.05) is 18.2 Å². The van der Waals surface area contributed by atoms with E-state index >= 15 is 0 Å². The van der Waals surface area contributed by atoms with Crippen molar-refractivity contribution < 1.29 is 4.79 Å². The number of rotatable bonds is 5. The fourth-order valence-corrected chi connectivity index (χ4v) is 2.32. The van der Waals surface area contributed by atoms with Crippen LogP contribution in [0, 0.1) is 0 Å². The number of benzene rings is 1. The van der Waals surface area contributed by atoms with Gasteiger partial charge in [0.15, 0.2) is 0 Å². The minimum absolute atomic E-state index is 0.0173. The molecule has 102 valence electrons. The van der Waals surface area contributed by atoms with Crippen molar-refractivity contribution >= 4 is 22.5 Å². The van der Waals surface area contributed by atoms with Crippen LogP contribution in [-0.4, -0.2) is 16.9 Å². The number of hydrogen-bond donors (Lipinski definition) is 3. The summed E-state index contributed by atoms with van der Waals surface area (Å²) in [6.07, 6.45) is 4.79. The summed E-state index contributed by atoms with van der Waals surface area (Å²) in [4.78, 5) is 15.4. The van der Waals surface area contributed by atoms with Crippen LogP contribution in [0.1, 0.15) is 43.5 Å². The van der Waals surface area contributed by atoms with Gasteiger partial charge in [-0.05, 0) is 31.0 Å². The number of nitrogen functional groups attached to an aromatic ring is 1. The van der Waals surface area contributed by atoms with Crippen molar-refractivity contribution in [3.63, 3.8) is 0 Å². The summed E-state index contributed by atoms with van der Waals surface area (Å²) in [6.45, 7) is 4.22. The molecule has 19 heavy (non-hydrogen) atoms. The third kappa shape index (κ3) is 2.89. The van der Waals surface area contributed by atoms with Gasteiger partial charge in [-0.1, -0.05) is 20.3 Å². The number of fused-ring (bicyclic) bond motifs is 1. The van der Waals surface area contributed by atoms with Gasteiger partial charge in [0.1, 0.15) is 0 Å². The molecule has 0 spiro atoms. The summed E-state index contributed by atoms with van der Waals surface area (Å²) in [6, 6.07) is 5.79. The average molecular weight is 259 g/mol. The maximum Gasteiger partial charge on any atom is 0.253 e. The molecule has 1 heterocycles. The van der Waals surface area contributed by atoms with Gasteiger partial charge in [0.2, 0.25) is 0 Å². The number of nitrogens with two attached hydrogens (primary N) is 1. The third-order valence-corrected chi connectivity index (χ3v) is 3.42. The average Bonchev–Trinajstić information content (AvgIpc) is 2.80. The van der Waals surface area contributed by atoms with Gasteiger partial charge in [0.25, 0.3) is 5.91 Å². The highest BCUT2D eigenvalue weighted by atomic mass is 16.1. The van der Waals surface area contributed by atoms with Crippen LogP contribution in [0.3, 0.4) is 0 Å². The molecule has 4 N–H and O–H groups in total. The number of anilines is 1. The molecule has 1 atom stereocenters. The summed E-state index contributed by atoms with van der Waals surface area (Å²) < 4.78 is 0. The van der Waals surface area contributed by atoms with Gasteiger partial charge in [-0.3, -0.25) is 4.79 Å². The Hall–Kier alpha value is -1.97. The molecule has 2 aromatic rings. The molecule has 1 aromatic heterocycles. The van der Waals surface area contributed by atoms with Crippen LogP contribution in [0.5, 0.6) is 0 Å². The van der Waals surface area contributed by atoms with Gasteiger partial charge in [-0.25, -0.2) is 0 Å². The fourth-order valence-electron chi connectivity index (χ4n) is 2.32. The molecule has 1 amide bonds. The molecular formula is C15H21N3O. The minimum atomic E-state index is -0.0173. The Bertz CT molecular complexity index is 574. The summed E-state index contributed by atoms with van der Waals surface area (Å²) in [5.41, 5.74) is 8.01. The summed E-state index contributed by atoms with van der Waals surface area (Å²) in [5.74, 6) is -0.0173. The standard InChI is InChI=1S/C15H21N3O/c1-3-5-11(4-2)18-15(19)13-9-17-14-8-10(16)6-7-12(13)14/h6-9,11,17H,3-5,16H2,1-2H3,(H,18,19). The highest BCUT2D eigenvalue weighted by molar-refractivity contribution is 6.07. The van der Waals surface area contributed by atoms with E-state index in [4.69, 9.17) is 5.73 Å². The molecule has 0 aliphatic rings. The first-order valence-corrected chi connectivity index (χ1v) is 6.83.